The van der Waals surface area contributed by atoms with Crippen molar-refractivity contribution in [2.45, 2.75) is 102 Å². The van der Waals surface area contributed by atoms with Crippen LogP contribution in [0.5, 0.6) is 0 Å². The lowest BCUT2D eigenvalue weighted by Crippen LogP contribution is -2.40. The van der Waals surface area contributed by atoms with Crippen LogP contribution in [0, 0.1) is 0 Å². The van der Waals surface area contributed by atoms with Gasteiger partial charge in [0, 0.05) is 0 Å². The summed E-state index contributed by atoms with van der Waals surface area (Å²) in [5.41, 5.74) is 4.78. The molecule has 0 atom stereocenters. The maximum atomic E-state index is 2.56. The second-order valence-electron chi connectivity index (χ2n) is 9.40. The molecule has 4 rings (SSSR count). The first kappa shape index (κ1) is 21.1. The summed E-state index contributed by atoms with van der Waals surface area (Å²) >= 11 is 0. The van der Waals surface area contributed by atoms with Crippen molar-refractivity contribution in [2.24, 2.45) is 0 Å². The number of hydrogen-bond donors (Lipinski definition) is 0. The first-order chi connectivity index (χ1) is 14.3. The fourth-order valence-corrected chi connectivity index (χ4v) is 12.4. The van der Waals surface area contributed by atoms with Crippen LogP contribution < -0.4 is 10.6 Å². The molecule has 0 aromatic heterocycles. The van der Waals surface area contributed by atoms with Crippen LogP contribution in [0.4, 0.5) is 0 Å². The molecular weight excluding hydrogens is 367 g/mol. The van der Waals surface area contributed by atoms with E-state index in [9.17, 15) is 0 Å². The van der Waals surface area contributed by atoms with Gasteiger partial charge in [-0.05, 0) is 99.6 Å². The van der Waals surface area contributed by atoms with Crippen molar-refractivity contribution < 1.29 is 0 Å². The summed E-state index contributed by atoms with van der Waals surface area (Å²) in [6, 6.07) is 20.0. The van der Waals surface area contributed by atoms with Crippen LogP contribution in [0.25, 0.3) is 0 Å². The molecule has 2 fully saturated rings. The van der Waals surface area contributed by atoms with E-state index in [0.29, 0.717) is 0 Å². The van der Waals surface area contributed by atoms with Gasteiger partial charge < -0.3 is 0 Å². The van der Waals surface area contributed by atoms with Crippen molar-refractivity contribution in [3.8, 4) is 0 Å². The van der Waals surface area contributed by atoms with Gasteiger partial charge >= 0.3 is 0 Å². The summed E-state index contributed by atoms with van der Waals surface area (Å²) in [5.74, 6) is 0. The van der Waals surface area contributed by atoms with Gasteiger partial charge in [0.15, 0.2) is 0 Å². The van der Waals surface area contributed by atoms with Crippen LogP contribution in [0.15, 0.2) is 48.5 Å². The molecule has 1 heteroatoms. The SMILES string of the molecule is CCc1ccc([P+](c2ccc(CC)cc2)(C2CCCCC2)C2CCCCC2)cc1. The van der Waals surface area contributed by atoms with E-state index in [1.807, 2.05) is 0 Å². The molecule has 2 saturated carbocycles. The van der Waals surface area contributed by atoms with Gasteiger partial charge in [0.05, 0.1) is 29.2 Å². The Kier molecular flexibility index (Phi) is 7.12. The van der Waals surface area contributed by atoms with E-state index >= 15 is 0 Å². The van der Waals surface area contributed by atoms with Gasteiger partial charge in [-0.1, -0.05) is 51.0 Å². The molecule has 2 aromatic carbocycles. The maximum Gasteiger partial charge on any atom is 0.0997 e. The van der Waals surface area contributed by atoms with Crippen molar-refractivity contribution >= 4 is 17.9 Å². The Morgan fingerprint density at radius 3 is 1.21 bits per heavy atom. The fourth-order valence-electron chi connectivity index (χ4n) is 6.22. The molecule has 156 valence electrons. The van der Waals surface area contributed by atoms with Gasteiger partial charge in [-0.25, -0.2) is 0 Å². The molecule has 2 aliphatic carbocycles. The summed E-state index contributed by atoms with van der Waals surface area (Å²) in [6.07, 6.45) is 16.8. The zero-order valence-corrected chi connectivity index (χ0v) is 19.6. The molecule has 0 spiro atoms. The molecule has 0 saturated heterocycles. The smallest absolute Gasteiger partial charge is 0.0613 e. The minimum atomic E-state index is -1.41. The molecule has 0 nitrogen and oxygen atoms in total. The minimum Gasteiger partial charge on any atom is -0.0613 e. The van der Waals surface area contributed by atoms with Gasteiger partial charge in [0.2, 0.25) is 0 Å². The zero-order chi connectivity index (χ0) is 20.1. The topological polar surface area (TPSA) is 0 Å². The number of aryl methyl sites for hydroxylation is 2. The van der Waals surface area contributed by atoms with Crippen LogP contribution in [0.2, 0.25) is 0 Å². The molecule has 2 aliphatic rings. The monoisotopic (exact) mass is 407 g/mol. The highest BCUT2D eigenvalue weighted by Crippen LogP contribution is 2.70. The molecule has 0 aliphatic heterocycles. The summed E-state index contributed by atoms with van der Waals surface area (Å²) in [7, 11) is -1.41. The van der Waals surface area contributed by atoms with E-state index in [1.54, 1.807) is 10.6 Å². The quantitative estimate of drug-likeness (QED) is 0.436. The van der Waals surface area contributed by atoms with Gasteiger partial charge in [0.25, 0.3) is 0 Å². The molecule has 0 amide bonds. The van der Waals surface area contributed by atoms with E-state index in [2.05, 4.69) is 62.4 Å². The van der Waals surface area contributed by atoms with Crippen molar-refractivity contribution in [1.29, 1.82) is 0 Å². The minimum absolute atomic E-state index is 0.902. The van der Waals surface area contributed by atoms with E-state index < -0.39 is 7.26 Å². The highest BCUT2D eigenvalue weighted by Gasteiger charge is 2.55. The highest BCUT2D eigenvalue weighted by atomic mass is 31.2. The molecule has 0 bridgehead atoms. The second-order valence-corrected chi connectivity index (χ2v) is 13.4. The lowest BCUT2D eigenvalue weighted by Gasteiger charge is -2.43. The van der Waals surface area contributed by atoms with Gasteiger partial charge in [-0.2, -0.15) is 0 Å². The first-order valence-corrected chi connectivity index (χ1v) is 14.3. The largest absolute Gasteiger partial charge is 0.0997 e. The number of rotatable bonds is 6. The zero-order valence-electron chi connectivity index (χ0n) is 18.7. The van der Waals surface area contributed by atoms with Crippen molar-refractivity contribution in [1.82, 2.24) is 0 Å². The predicted octanol–water partition coefficient (Wildman–Crippen LogP) is 7.45. The highest BCUT2D eigenvalue weighted by molar-refractivity contribution is 7.90. The molecule has 2 aromatic rings. The first-order valence-electron chi connectivity index (χ1n) is 12.4. The van der Waals surface area contributed by atoms with Gasteiger partial charge in [-0.3, -0.25) is 0 Å². The third kappa shape index (κ3) is 4.20. The van der Waals surface area contributed by atoms with E-state index in [-0.39, 0.29) is 0 Å². The number of hydrogen-bond acceptors (Lipinski definition) is 0. The predicted molar refractivity (Wildman–Crippen MR) is 132 cm³/mol. The van der Waals surface area contributed by atoms with Crippen LogP contribution in [-0.4, -0.2) is 11.3 Å². The van der Waals surface area contributed by atoms with Crippen molar-refractivity contribution in [2.75, 3.05) is 0 Å². The number of benzene rings is 2. The van der Waals surface area contributed by atoms with Gasteiger partial charge in [0.1, 0.15) is 0 Å². The Morgan fingerprint density at radius 1 is 0.552 bits per heavy atom. The Bertz CT molecular complexity index is 678. The average molecular weight is 408 g/mol. The molecule has 29 heavy (non-hydrogen) atoms. The normalized spacial score (nSPS) is 19.4. The summed E-state index contributed by atoms with van der Waals surface area (Å²) in [6.45, 7) is 4.56. The molecule has 0 unspecified atom stereocenters. The molecule has 0 heterocycles. The summed E-state index contributed by atoms with van der Waals surface area (Å²) < 4.78 is 0. The second kappa shape index (κ2) is 9.78. The lowest BCUT2D eigenvalue weighted by molar-refractivity contribution is 0.483. The summed E-state index contributed by atoms with van der Waals surface area (Å²) in [4.78, 5) is 0. The van der Waals surface area contributed by atoms with Crippen molar-refractivity contribution in [3.05, 3.63) is 59.7 Å². The Hall–Kier alpha value is -1.13. The van der Waals surface area contributed by atoms with Crippen LogP contribution in [0.3, 0.4) is 0 Å². The Morgan fingerprint density at radius 2 is 0.897 bits per heavy atom. The van der Waals surface area contributed by atoms with Crippen LogP contribution in [-0.2, 0) is 12.8 Å². The third-order valence-electron chi connectivity index (χ3n) is 7.84. The van der Waals surface area contributed by atoms with Crippen LogP contribution >= 0.6 is 7.26 Å². The average Bonchev–Trinajstić information content (AvgIpc) is 2.82. The Balaban J connectivity index is 1.89. The molecule has 0 radical (unpaired) electrons. The van der Waals surface area contributed by atoms with Crippen LogP contribution in [0.1, 0.15) is 89.2 Å². The van der Waals surface area contributed by atoms with E-state index in [1.165, 1.54) is 75.3 Å². The summed E-state index contributed by atoms with van der Waals surface area (Å²) in [5, 5.41) is 3.44. The standard InChI is InChI=1S/C28H40P/c1-3-23-15-19-27(20-16-23)29(25-11-7-5-8-12-25,26-13-9-6-10-14-26)28-21-17-24(4-2)18-22-28/h15-22,25-26H,3-14H2,1-2H3/q+1. The van der Waals surface area contributed by atoms with E-state index in [4.69, 9.17) is 0 Å². The molecule has 0 N–H and O–H groups in total. The Labute approximate surface area is 179 Å². The van der Waals surface area contributed by atoms with Crippen molar-refractivity contribution in [3.63, 3.8) is 0 Å². The fraction of sp³-hybridized carbons (Fsp3) is 0.571. The third-order valence-corrected chi connectivity index (χ3v) is 13.5. The lowest BCUT2D eigenvalue weighted by atomic mass is 9.99. The van der Waals surface area contributed by atoms with Gasteiger partial charge in [-0.15, -0.1) is 0 Å². The maximum absolute atomic E-state index is 2.56. The molecular formula is C28H40P+. The van der Waals surface area contributed by atoms with E-state index in [0.717, 1.165) is 24.2 Å².